The third kappa shape index (κ3) is 4.77. The lowest BCUT2D eigenvalue weighted by atomic mass is 10.1. The van der Waals surface area contributed by atoms with Gasteiger partial charge in [0.2, 0.25) is 0 Å². The smallest absolute Gasteiger partial charge is 0.269 e. The summed E-state index contributed by atoms with van der Waals surface area (Å²) in [6.07, 6.45) is 2.46. The first-order chi connectivity index (χ1) is 12.6. The zero-order valence-corrected chi connectivity index (χ0v) is 15.2. The number of thiocarbonyl (C=S) groups is 1. The third-order valence-electron chi connectivity index (χ3n) is 4.56. The maximum atomic E-state index is 10.7. The first-order valence-corrected chi connectivity index (χ1v) is 9.12. The van der Waals surface area contributed by atoms with Gasteiger partial charge in [0, 0.05) is 24.4 Å². The van der Waals surface area contributed by atoms with E-state index in [2.05, 4.69) is 39.8 Å². The lowest BCUT2D eigenvalue weighted by molar-refractivity contribution is -0.384. The number of rotatable bonds is 6. The van der Waals surface area contributed by atoms with Gasteiger partial charge >= 0.3 is 0 Å². The molecule has 6 nitrogen and oxygen atoms in total. The van der Waals surface area contributed by atoms with E-state index < -0.39 is 4.92 Å². The SMILES string of the molecule is O=[N+]([O-])c1ccc(NC(=S)NC[C@@H](c2ccccc2)N2CCCC2)cc1. The lowest BCUT2D eigenvalue weighted by Crippen LogP contribution is -2.38. The molecule has 1 aliphatic rings. The minimum atomic E-state index is -0.416. The highest BCUT2D eigenvalue weighted by Gasteiger charge is 2.23. The molecule has 1 aliphatic heterocycles. The summed E-state index contributed by atoms with van der Waals surface area (Å²) in [7, 11) is 0. The number of nitro groups is 1. The quantitative estimate of drug-likeness (QED) is 0.459. The Hall–Kier alpha value is -2.51. The molecular weight excluding hydrogens is 348 g/mol. The van der Waals surface area contributed by atoms with Crippen molar-refractivity contribution in [2.45, 2.75) is 18.9 Å². The Kier molecular flexibility index (Phi) is 6.14. The normalized spacial score (nSPS) is 15.4. The molecule has 2 N–H and O–H groups in total. The van der Waals surface area contributed by atoms with Crippen LogP contribution in [0.1, 0.15) is 24.4 Å². The van der Waals surface area contributed by atoms with Gasteiger partial charge in [0.15, 0.2) is 5.11 Å². The highest BCUT2D eigenvalue weighted by atomic mass is 32.1. The molecule has 2 aromatic carbocycles. The van der Waals surface area contributed by atoms with Crippen LogP contribution in [0.25, 0.3) is 0 Å². The molecule has 2 aromatic rings. The monoisotopic (exact) mass is 370 g/mol. The molecule has 26 heavy (non-hydrogen) atoms. The largest absolute Gasteiger partial charge is 0.361 e. The van der Waals surface area contributed by atoms with Crippen LogP contribution in [0.15, 0.2) is 54.6 Å². The number of likely N-dealkylation sites (tertiary alicyclic amines) is 1. The number of anilines is 1. The molecule has 0 spiro atoms. The lowest BCUT2D eigenvalue weighted by Gasteiger charge is -2.28. The van der Waals surface area contributed by atoms with E-state index in [0.29, 0.717) is 11.7 Å². The van der Waals surface area contributed by atoms with Crippen molar-refractivity contribution in [3.05, 3.63) is 70.3 Å². The van der Waals surface area contributed by atoms with Crippen LogP contribution >= 0.6 is 12.2 Å². The average Bonchev–Trinajstić information content (AvgIpc) is 3.17. The molecule has 0 radical (unpaired) electrons. The summed E-state index contributed by atoms with van der Waals surface area (Å²) in [5.74, 6) is 0. The Morgan fingerprint density at radius 1 is 1.12 bits per heavy atom. The molecule has 7 heteroatoms. The van der Waals surface area contributed by atoms with Gasteiger partial charge in [-0.2, -0.15) is 0 Å². The minimum absolute atomic E-state index is 0.0626. The van der Waals surface area contributed by atoms with Crippen molar-refractivity contribution in [2.24, 2.45) is 0 Å². The molecule has 0 bridgehead atoms. The van der Waals surface area contributed by atoms with E-state index in [-0.39, 0.29) is 11.7 Å². The Morgan fingerprint density at radius 3 is 2.38 bits per heavy atom. The van der Waals surface area contributed by atoms with E-state index in [1.54, 1.807) is 12.1 Å². The van der Waals surface area contributed by atoms with Crippen LogP contribution < -0.4 is 10.6 Å². The molecule has 3 rings (SSSR count). The van der Waals surface area contributed by atoms with Crippen LogP contribution in [0.2, 0.25) is 0 Å². The summed E-state index contributed by atoms with van der Waals surface area (Å²) in [5, 5.41) is 17.6. The number of benzene rings is 2. The molecule has 0 saturated carbocycles. The summed E-state index contributed by atoms with van der Waals surface area (Å²) >= 11 is 5.39. The first-order valence-electron chi connectivity index (χ1n) is 8.72. The van der Waals surface area contributed by atoms with Crippen LogP contribution in [0, 0.1) is 10.1 Å². The van der Waals surface area contributed by atoms with Crippen molar-refractivity contribution >= 4 is 28.7 Å². The molecule has 0 unspecified atom stereocenters. The molecule has 1 atom stereocenters. The maximum Gasteiger partial charge on any atom is 0.269 e. The Balaban J connectivity index is 1.59. The van der Waals surface area contributed by atoms with E-state index in [0.717, 1.165) is 18.8 Å². The highest BCUT2D eigenvalue weighted by Crippen LogP contribution is 2.24. The van der Waals surface area contributed by atoms with E-state index in [1.165, 1.54) is 30.5 Å². The second-order valence-corrected chi connectivity index (χ2v) is 6.72. The van der Waals surface area contributed by atoms with Crippen LogP contribution in [0.5, 0.6) is 0 Å². The Morgan fingerprint density at radius 2 is 1.77 bits per heavy atom. The summed E-state index contributed by atoms with van der Waals surface area (Å²) in [6, 6.07) is 17.0. The molecule has 1 heterocycles. The zero-order chi connectivity index (χ0) is 18.4. The van der Waals surface area contributed by atoms with Crippen molar-refractivity contribution in [2.75, 3.05) is 25.0 Å². The number of nitrogens with zero attached hydrogens (tertiary/aromatic N) is 2. The molecule has 0 amide bonds. The molecule has 1 saturated heterocycles. The topological polar surface area (TPSA) is 70.4 Å². The van der Waals surface area contributed by atoms with Gasteiger partial charge in [-0.25, -0.2) is 0 Å². The molecule has 0 aliphatic carbocycles. The van der Waals surface area contributed by atoms with Gasteiger partial charge in [0.1, 0.15) is 0 Å². The van der Waals surface area contributed by atoms with Gasteiger partial charge in [-0.05, 0) is 55.8 Å². The summed E-state index contributed by atoms with van der Waals surface area (Å²) in [4.78, 5) is 12.8. The fourth-order valence-corrected chi connectivity index (χ4v) is 3.42. The van der Waals surface area contributed by atoms with Crippen molar-refractivity contribution in [1.29, 1.82) is 0 Å². The molecular formula is C19H22N4O2S. The molecule has 136 valence electrons. The van der Waals surface area contributed by atoms with Crippen LogP contribution in [0.3, 0.4) is 0 Å². The predicted octanol–water partition coefficient (Wildman–Crippen LogP) is 3.72. The maximum absolute atomic E-state index is 10.7. The zero-order valence-electron chi connectivity index (χ0n) is 14.4. The second kappa shape index (κ2) is 8.73. The fraction of sp³-hybridized carbons (Fsp3) is 0.316. The van der Waals surface area contributed by atoms with Crippen molar-refractivity contribution in [1.82, 2.24) is 10.2 Å². The summed E-state index contributed by atoms with van der Waals surface area (Å²) in [5.41, 5.74) is 2.07. The van der Waals surface area contributed by atoms with Gasteiger partial charge in [-0.15, -0.1) is 0 Å². The summed E-state index contributed by atoms with van der Waals surface area (Å²) < 4.78 is 0. The Bertz CT molecular complexity index is 746. The first kappa shape index (κ1) is 18.3. The van der Waals surface area contributed by atoms with Crippen LogP contribution in [-0.4, -0.2) is 34.6 Å². The van der Waals surface area contributed by atoms with E-state index in [4.69, 9.17) is 12.2 Å². The van der Waals surface area contributed by atoms with Crippen LogP contribution in [-0.2, 0) is 0 Å². The number of nitro benzene ring substituents is 1. The van der Waals surface area contributed by atoms with Crippen molar-refractivity contribution in [3.63, 3.8) is 0 Å². The van der Waals surface area contributed by atoms with Gasteiger partial charge < -0.3 is 10.6 Å². The Labute approximate surface area is 158 Å². The predicted molar refractivity (Wildman–Crippen MR) is 107 cm³/mol. The standard InChI is InChI=1S/C19H22N4O2S/c24-23(25)17-10-8-16(9-11-17)21-19(26)20-14-18(22-12-4-5-13-22)15-6-2-1-3-7-15/h1-3,6-11,18H,4-5,12-14H2,(H2,20,21,26)/t18-/m0/s1. The second-order valence-electron chi connectivity index (χ2n) is 6.31. The number of nitrogens with one attached hydrogen (secondary N) is 2. The van der Waals surface area contributed by atoms with Gasteiger partial charge in [0.25, 0.3) is 5.69 Å². The molecule has 1 fully saturated rings. The molecule has 0 aromatic heterocycles. The minimum Gasteiger partial charge on any atom is -0.361 e. The van der Waals surface area contributed by atoms with Gasteiger partial charge in [-0.1, -0.05) is 30.3 Å². The third-order valence-corrected chi connectivity index (χ3v) is 4.80. The number of hydrogen-bond acceptors (Lipinski definition) is 4. The highest BCUT2D eigenvalue weighted by molar-refractivity contribution is 7.80. The van der Waals surface area contributed by atoms with Gasteiger partial charge in [0.05, 0.1) is 11.0 Å². The summed E-state index contributed by atoms with van der Waals surface area (Å²) in [6.45, 7) is 2.91. The van der Waals surface area contributed by atoms with Crippen molar-refractivity contribution in [3.8, 4) is 0 Å². The van der Waals surface area contributed by atoms with E-state index >= 15 is 0 Å². The fourth-order valence-electron chi connectivity index (χ4n) is 3.22. The van der Waals surface area contributed by atoms with Crippen LogP contribution in [0.4, 0.5) is 11.4 Å². The average molecular weight is 370 g/mol. The van der Waals surface area contributed by atoms with E-state index in [9.17, 15) is 10.1 Å². The van der Waals surface area contributed by atoms with Gasteiger partial charge in [-0.3, -0.25) is 15.0 Å². The number of hydrogen-bond donors (Lipinski definition) is 2. The van der Waals surface area contributed by atoms with E-state index in [1.807, 2.05) is 6.07 Å². The van der Waals surface area contributed by atoms with Crippen molar-refractivity contribution < 1.29 is 4.92 Å². The number of non-ortho nitro benzene ring substituents is 1.